The largest absolute Gasteiger partial charge is 0.477 e. The second kappa shape index (κ2) is 3.59. The van der Waals surface area contributed by atoms with E-state index in [1.54, 1.807) is 0 Å². The van der Waals surface area contributed by atoms with Gasteiger partial charge in [-0.3, -0.25) is 0 Å². The maximum absolute atomic E-state index is 10.7. The maximum Gasteiger partial charge on any atom is 0.341 e. The number of ether oxygens (including phenoxy) is 2. The summed E-state index contributed by atoms with van der Waals surface area (Å²) in [6, 6.07) is 1.35. The zero-order chi connectivity index (χ0) is 9.97. The molecule has 0 unspecified atom stereocenters. The van der Waals surface area contributed by atoms with E-state index >= 15 is 0 Å². The summed E-state index contributed by atoms with van der Waals surface area (Å²) in [6.07, 6.45) is 1.21. The van der Waals surface area contributed by atoms with E-state index in [9.17, 15) is 4.79 Å². The number of carbonyl (C=O) groups is 1. The topological polar surface area (TPSA) is 81.5 Å². The first-order valence-corrected chi connectivity index (χ1v) is 4.07. The lowest BCUT2D eigenvalue weighted by Crippen LogP contribution is -2.39. The summed E-state index contributed by atoms with van der Waals surface area (Å²) in [4.78, 5) is 10.7. The van der Waals surface area contributed by atoms with Crippen LogP contribution in [0.25, 0.3) is 0 Å². The summed E-state index contributed by atoms with van der Waals surface area (Å²) in [5, 5.41) is 16.0. The highest BCUT2D eigenvalue weighted by molar-refractivity contribution is 5.89. The van der Waals surface area contributed by atoms with Crippen molar-refractivity contribution in [2.24, 2.45) is 0 Å². The molecular formula is C8H8N2O4. The van der Waals surface area contributed by atoms with Gasteiger partial charge >= 0.3 is 5.97 Å². The zero-order valence-corrected chi connectivity index (χ0v) is 7.21. The zero-order valence-electron chi connectivity index (χ0n) is 7.21. The molecule has 0 aliphatic carbocycles. The van der Waals surface area contributed by atoms with Crippen molar-refractivity contribution in [1.82, 2.24) is 10.2 Å². The van der Waals surface area contributed by atoms with Gasteiger partial charge in [-0.25, -0.2) is 4.79 Å². The molecule has 0 bridgehead atoms. The number of carboxylic acid groups (broad SMARTS) is 1. The minimum Gasteiger partial charge on any atom is -0.477 e. The van der Waals surface area contributed by atoms with Crippen LogP contribution in [0.4, 0.5) is 0 Å². The third-order valence-electron chi connectivity index (χ3n) is 1.80. The molecule has 2 heterocycles. The van der Waals surface area contributed by atoms with E-state index in [-0.39, 0.29) is 17.5 Å². The van der Waals surface area contributed by atoms with Gasteiger partial charge in [0.1, 0.15) is 11.7 Å². The first kappa shape index (κ1) is 8.89. The minimum absolute atomic E-state index is 0.0203. The first-order valence-electron chi connectivity index (χ1n) is 4.07. The van der Waals surface area contributed by atoms with Crippen molar-refractivity contribution in [3.8, 4) is 5.88 Å². The predicted octanol–water partition coefficient (Wildman–Crippen LogP) is -0.0476. The van der Waals surface area contributed by atoms with Crippen LogP contribution in [0.1, 0.15) is 10.4 Å². The average Bonchev–Trinajstić information content (AvgIpc) is 2.12. The number of hydrogen-bond donors (Lipinski definition) is 1. The molecule has 2 rings (SSSR count). The maximum atomic E-state index is 10.7. The number of hydrogen-bond acceptors (Lipinski definition) is 5. The fourth-order valence-corrected chi connectivity index (χ4v) is 1.01. The SMILES string of the molecule is O=C(O)c1ccnnc1OC1COC1. The van der Waals surface area contributed by atoms with Gasteiger partial charge in [0, 0.05) is 0 Å². The molecule has 14 heavy (non-hydrogen) atoms. The second-order valence-electron chi connectivity index (χ2n) is 2.83. The second-order valence-corrected chi connectivity index (χ2v) is 2.83. The molecule has 0 saturated carbocycles. The summed E-state index contributed by atoms with van der Waals surface area (Å²) in [7, 11) is 0. The van der Waals surface area contributed by atoms with Gasteiger partial charge in [0.15, 0.2) is 0 Å². The summed E-state index contributed by atoms with van der Waals surface area (Å²) >= 11 is 0. The summed E-state index contributed by atoms with van der Waals surface area (Å²) in [5.41, 5.74) is 0.0203. The Morgan fingerprint density at radius 2 is 2.43 bits per heavy atom. The van der Waals surface area contributed by atoms with Gasteiger partial charge < -0.3 is 14.6 Å². The lowest BCUT2D eigenvalue weighted by Gasteiger charge is -2.26. The van der Waals surface area contributed by atoms with E-state index in [1.807, 2.05) is 0 Å². The van der Waals surface area contributed by atoms with Crippen molar-refractivity contribution in [3.05, 3.63) is 17.8 Å². The van der Waals surface area contributed by atoms with Crippen molar-refractivity contribution in [2.75, 3.05) is 13.2 Å². The molecule has 6 heteroatoms. The van der Waals surface area contributed by atoms with Crippen LogP contribution in [0, 0.1) is 0 Å². The van der Waals surface area contributed by atoms with Gasteiger partial charge in [-0.05, 0) is 6.07 Å². The Bertz CT molecular complexity index is 351. The van der Waals surface area contributed by atoms with Crippen LogP contribution in [0.15, 0.2) is 12.3 Å². The van der Waals surface area contributed by atoms with Crippen molar-refractivity contribution < 1.29 is 19.4 Å². The smallest absolute Gasteiger partial charge is 0.341 e. The molecule has 1 aromatic rings. The van der Waals surface area contributed by atoms with E-state index in [0.717, 1.165) is 0 Å². The Morgan fingerprint density at radius 1 is 1.64 bits per heavy atom. The van der Waals surface area contributed by atoms with Crippen molar-refractivity contribution >= 4 is 5.97 Å². The van der Waals surface area contributed by atoms with E-state index in [1.165, 1.54) is 12.3 Å². The van der Waals surface area contributed by atoms with E-state index in [0.29, 0.717) is 13.2 Å². The fraction of sp³-hybridized carbons (Fsp3) is 0.375. The van der Waals surface area contributed by atoms with Crippen molar-refractivity contribution in [3.63, 3.8) is 0 Å². The van der Waals surface area contributed by atoms with Gasteiger partial charge in [0.25, 0.3) is 0 Å². The molecule has 0 radical (unpaired) electrons. The van der Waals surface area contributed by atoms with Gasteiger partial charge in [0.2, 0.25) is 5.88 Å². The lowest BCUT2D eigenvalue weighted by atomic mass is 10.3. The molecule has 1 aliphatic rings. The molecule has 0 aromatic carbocycles. The highest BCUT2D eigenvalue weighted by Gasteiger charge is 2.23. The quantitative estimate of drug-likeness (QED) is 0.730. The summed E-state index contributed by atoms with van der Waals surface area (Å²) < 4.78 is 10.2. The molecule has 0 spiro atoms. The molecule has 1 fully saturated rings. The summed E-state index contributed by atoms with van der Waals surface area (Å²) in [6.45, 7) is 0.936. The lowest BCUT2D eigenvalue weighted by molar-refractivity contribution is -0.0819. The highest BCUT2D eigenvalue weighted by atomic mass is 16.6. The van der Waals surface area contributed by atoms with Crippen LogP contribution in [-0.4, -0.2) is 40.6 Å². The average molecular weight is 196 g/mol. The third-order valence-corrected chi connectivity index (χ3v) is 1.80. The van der Waals surface area contributed by atoms with Crippen LogP contribution >= 0.6 is 0 Å². The number of carboxylic acids is 1. The van der Waals surface area contributed by atoms with E-state index in [4.69, 9.17) is 14.6 Å². The molecular weight excluding hydrogens is 188 g/mol. The Labute approximate surface area is 79.5 Å². The van der Waals surface area contributed by atoms with E-state index in [2.05, 4.69) is 10.2 Å². The Hall–Kier alpha value is -1.69. The first-order chi connectivity index (χ1) is 6.77. The van der Waals surface area contributed by atoms with Crippen molar-refractivity contribution in [1.29, 1.82) is 0 Å². The minimum atomic E-state index is -1.07. The van der Waals surface area contributed by atoms with Gasteiger partial charge in [0.05, 0.1) is 19.4 Å². The molecule has 1 saturated heterocycles. The standard InChI is InChI=1S/C8H8N2O4/c11-8(12)6-1-2-9-10-7(6)14-5-3-13-4-5/h1-2,5H,3-4H2,(H,11,12). The van der Waals surface area contributed by atoms with Crippen LogP contribution in [0.2, 0.25) is 0 Å². The number of rotatable bonds is 3. The Balaban J connectivity index is 2.17. The van der Waals surface area contributed by atoms with Gasteiger partial charge in [-0.15, -0.1) is 5.10 Å². The number of aromatic nitrogens is 2. The Morgan fingerprint density at radius 3 is 3.00 bits per heavy atom. The third kappa shape index (κ3) is 1.64. The van der Waals surface area contributed by atoms with Gasteiger partial charge in [-0.2, -0.15) is 5.10 Å². The van der Waals surface area contributed by atoms with Crippen LogP contribution in [0.3, 0.4) is 0 Å². The van der Waals surface area contributed by atoms with Gasteiger partial charge in [-0.1, -0.05) is 0 Å². The summed E-state index contributed by atoms with van der Waals surface area (Å²) in [5.74, 6) is -1.02. The molecule has 6 nitrogen and oxygen atoms in total. The molecule has 0 amide bonds. The molecule has 1 aliphatic heterocycles. The van der Waals surface area contributed by atoms with Crippen LogP contribution < -0.4 is 4.74 Å². The number of aromatic carboxylic acids is 1. The molecule has 1 aromatic heterocycles. The molecule has 0 atom stereocenters. The molecule has 74 valence electrons. The predicted molar refractivity (Wildman–Crippen MR) is 44.2 cm³/mol. The number of nitrogens with zero attached hydrogens (tertiary/aromatic N) is 2. The monoisotopic (exact) mass is 196 g/mol. The fourth-order valence-electron chi connectivity index (χ4n) is 1.01. The molecule has 1 N–H and O–H groups in total. The van der Waals surface area contributed by atoms with Crippen LogP contribution in [0.5, 0.6) is 5.88 Å². The van der Waals surface area contributed by atoms with Crippen molar-refractivity contribution in [2.45, 2.75) is 6.10 Å². The highest BCUT2D eigenvalue weighted by Crippen LogP contribution is 2.17. The normalized spacial score (nSPS) is 16.0. The van der Waals surface area contributed by atoms with E-state index < -0.39 is 5.97 Å². The Kier molecular flexibility index (Phi) is 2.28. The van der Waals surface area contributed by atoms with Crippen LogP contribution in [-0.2, 0) is 4.74 Å².